The van der Waals surface area contributed by atoms with Crippen molar-refractivity contribution >= 4 is 11.4 Å². The van der Waals surface area contributed by atoms with Gasteiger partial charge in [0.2, 0.25) is 0 Å². The van der Waals surface area contributed by atoms with E-state index in [1.165, 1.54) is 12.1 Å². The summed E-state index contributed by atoms with van der Waals surface area (Å²) < 4.78 is 13.5. The van der Waals surface area contributed by atoms with Gasteiger partial charge in [-0.05, 0) is 38.3 Å². The van der Waals surface area contributed by atoms with Crippen LogP contribution in [0.15, 0.2) is 18.2 Å². The van der Waals surface area contributed by atoms with Gasteiger partial charge in [0.25, 0.3) is 5.69 Å². The van der Waals surface area contributed by atoms with Crippen LogP contribution < -0.4 is 10.2 Å². The third-order valence-electron chi connectivity index (χ3n) is 4.31. The Kier molecular flexibility index (Phi) is 3.56. The predicted molar refractivity (Wildman–Crippen MR) is 74.4 cm³/mol. The minimum Gasteiger partial charge on any atom is -0.361 e. The van der Waals surface area contributed by atoms with Crippen molar-refractivity contribution in [1.82, 2.24) is 5.32 Å². The van der Waals surface area contributed by atoms with Crippen LogP contribution >= 0.6 is 0 Å². The van der Waals surface area contributed by atoms with Gasteiger partial charge in [-0.15, -0.1) is 0 Å². The van der Waals surface area contributed by atoms with Crippen LogP contribution in [0.4, 0.5) is 15.8 Å². The molecule has 1 aromatic carbocycles. The van der Waals surface area contributed by atoms with Crippen molar-refractivity contribution < 1.29 is 9.31 Å². The molecule has 0 spiro atoms. The van der Waals surface area contributed by atoms with Gasteiger partial charge in [-0.2, -0.15) is 0 Å². The number of benzene rings is 1. The van der Waals surface area contributed by atoms with Gasteiger partial charge in [0, 0.05) is 30.8 Å². The summed E-state index contributed by atoms with van der Waals surface area (Å²) in [6.07, 6.45) is 4.23. The van der Waals surface area contributed by atoms with Crippen molar-refractivity contribution in [1.29, 1.82) is 0 Å². The van der Waals surface area contributed by atoms with Crippen molar-refractivity contribution in [2.75, 3.05) is 18.0 Å². The molecule has 0 radical (unpaired) electrons. The zero-order valence-electron chi connectivity index (χ0n) is 11.2. The fourth-order valence-electron chi connectivity index (χ4n) is 3.43. The number of halogens is 1. The average Bonchev–Trinajstić information content (AvgIpc) is 3.09. The molecule has 0 aromatic heterocycles. The zero-order chi connectivity index (χ0) is 14.1. The lowest BCUT2D eigenvalue weighted by Gasteiger charge is -2.31. The lowest BCUT2D eigenvalue weighted by molar-refractivity contribution is -0.384. The van der Waals surface area contributed by atoms with Crippen molar-refractivity contribution in [2.45, 2.75) is 37.8 Å². The molecule has 0 aliphatic carbocycles. The maximum Gasteiger partial charge on any atom is 0.292 e. The van der Waals surface area contributed by atoms with E-state index in [4.69, 9.17) is 0 Å². The third-order valence-corrected chi connectivity index (χ3v) is 4.31. The van der Waals surface area contributed by atoms with Gasteiger partial charge in [0.05, 0.1) is 4.92 Å². The van der Waals surface area contributed by atoms with E-state index in [0.717, 1.165) is 44.8 Å². The number of nitro groups is 1. The molecular weight excluding hydrogens is 261 g/mol. The normalized spacial score (nSPS) is 26.1. The summed E-state index contributed by atoms with van der Waals surface area (Å²) in [5.41, 5.74) is 0.419. The summed E-state index contributed by atoms with van der Waals surface area (Å²) in [5.74, 6) is -0.421. The van der Waals surface area contributed by atoms with E-state index in [-0.39, 0.29) is 11.7 Å². The van der Waals surface area contributed by atoms with E-state index in [0.29, 0.717) is 11.7 Å². The second-order valence-electron chi connectivity index (χ2n) is 5.50. The Morgan fingerprint density at radius 3 is 2.90 bits per heavy atom. The van der Waals surface area contributed by atoms with Gasteiger partial charge in [-0.1, -0.05) is 0 Å². The van der Waals surface area contributed by atoms with Crippen LogP contribution in [0.2, 0.25) is 0 Å². The molecule has 0 saturated carbocycles. The summed E-state index contributed by atoms with van der Waals surface area (Å²) in [7, 11) is 0. The number of hydrogen-bond acceptors (Lipinski definition) is 4. The Labute approximate surface area is 116 Å². The van der Waals surface area contributed by atoms with Crippen LogP contribution in [-0.2, 0) is 0 Å². The molecule has 2 aliphatic rings. The summed E-state index contributed by atoms with van der Waals surface area (Å²) in [4.78, 5) is 12.8. The van der Waals surface area contributed by atoms with Crippen LogP contribution in [0.25, 0.3) is 0 Å². The fourth-order valence-corrected chi connectivity index (χ4v) is 3.43. The number of rotatable bonds is 3. The highest BCUT2D eigenvalue weighted by molar-refractivity contribution is 5.64. The molecule has 2 unspecified atom stereocenters. The Morgan fingerprint density at radius 1 is 1.35 bits per heavy atom. The third kappa shape index (κ3) is 2.35. The van der Waals surface area contributed by atoms with Gasteiger partial charge in [-0.3, -0.25) is 10.1 Å². The molecule has 2 aliphatic heterocycles. The highest BCUT2D eigenvalue weighted by atomic mass is 19.1. The molecule has 3 rings (SSSR count). The molecule has 20 heavy (non-hydrogen) atoms. The van der Waals surface area contributed by atoms with E-state index >= 15 is 0 Å². The molecule has 108 valence electrons. The molecular formula is C14H18FN3O2. The highest BCUT2D eigenvalue weighted by Crippen LogP contribution is 2.36. The summed E-state index contributed by atoms with van der Waals surface area (Å²) in [5, 5.41) is 14.6. The van der Waals surface area contributed by atoms with Gasteiger partial charge in [0.15, 0.2) is 0 Å². The minimum absolute atomic E-state index is 0.00343. The maximum atomic E-state index is 13.5. The first-order valence-corrected chi connectivity index (χ1v) is 7.11. The number of anilines is 1. The first kappa shape index (κ1) is 13.3. The molecule has 1 N–H and O–H groups in total. The Morgan fingerprint density at radius 2 is 2.20 bits per heavy atom. The monoisotopic (exact) mass is 279 g/mol. The Bertz CT molecular complexity index is 517. The number of hydrogen-bond donors (Lipinski definition) is 1. The number of nitrogens with one attached hydrogen (secondary N) is 1. The maximum absolute atomic E-state index is 13.5. The van der Waals surface area contributed by atoms with Gasteiger partial charge in [0.1, 0.15) is 11.5 Å². The van der Waals surface area contributed by atoms with Gasteiger partial charge in [-0.25, -0.2) is 4.39 Å². The van der Waals surface area contributed by atoms with Crippen LogP contribution in [0.5, 0.6) is 0 Å². The van der Waals surface area contributed by atoms with Crippen LogP contribution in [0.1, 0.15) is 25.7 Å². The van der Waals surface area contributed by atoms with Crippen molar-refractivity contribution in [2.24, 2.45) is 0 Å². The van der Waals surface area contributed by atoms with Crippen LogP contribution in [0, 0.1) is 15.9 Å². The summed E-state index contributed by atoms with van der Waals surface area (Å²) in [6.45, 7) is 1.76. The molecule has 6 heteroatoms. The molecule has 1 aromatic rings. The van der Waals surface area contributed by atoms with E-state index in [9.17, 15) is 14.5 Å². The molecule has 5 nitrogen and oxygen atoms in total. The highest BCUT2D eigenvalue weighted by Gasteiger charge is 2.36. The Hall–Kier alpha value is -1.69. The predicted octanol–water partition coefficient (Wildman–Crippen LogP) is 2.45. The van der Waals surface area contributed by atoms with E-state index in [1.807, 2.05) is 4.90 Å². The average molecular weight is 279 g/mol. The van der Waals surface area contributed by atoms with E-state index < -0.39 is 10.7 Å². The van der Waals surface area contributed by atoms with Crippen molar-refractivity contribution in [3.8, 4) is 0 Å². The number of nitrogens with zero attached hydrogens (tertiary/aromatic N) is 2. The zero-order valence-corrected chi connectivity index (χ0v) is 11.2. The first-order chi connectivity index (χ1) is 9.66. The quantitative estimate of drug-likeness (QED) is 0.682. The first-order valence-electron chi connectivity index (χ1n) is 7.11. The van der Waals surface area contributed by atoms with E-state index in [2.05, 4.69) is 5.32 Å². The van der Waals surface area contributed by atoms with Crippen LogP contribution in [0.3, 0.4) is 0 Å². The molecule has 2 atom stereocenters. The molecule has 0 bridgehead atoms. The minimum atomic E-state index is -0.424. The summed E-state index contributed by atoms with van der Waals surface area (Å²) in [6, 6.07) is 4.31. The molecule has 2 saturated heterocycles. The standard InChI is InChI=1S/C14H18FN3O2/c15-10-5-6-13(18(19)20)14(9-10)17-8-2-4-12(17)11-3-1-7-16-11/h5-6,9,11-12,16H,1-4,7-8H2. The topological polar surface area (TPSA) is 58.4 Å². The lowest BCUT2D eigenvalue weighted by atomic mass is 10.0. The molecule has 2 fully saturated rings. The second kappa shape index (κ2) is 5.36. The van der Waals surface area contributed by atoms with Gasteiger partial charge < -0.3 is 10.2 Å². The Balaban J connectivity index is 1.94. The van der Waals surface area contributed by atoms with Crippen molar-refractivity contribution in [3.63, 3.8) is 0 Å². The lowest BCUT2D eigenvalue weighted by Crippen LogP contribution is -2.44. The smallest absolute Gasteiger partial charge is 0.292 e. The van der Waals surface area contributed by atoms with E-state index in [1.54, 1.807) is 0 Å². The molecule has 0 amide bonds. The van der Waals surface area contributed by atoms with Crippen molar-refractivity contribution in [3.05, 3.63) is 34.1 Å². The SMILES string of the molecule is O=[N+]([O-])c1ccc(F)cc1N1CCCC1C1CCCN1. The molecule has 2 heterocycles. The largest absolute Gasteiger partial charge is 0.361 e. The number of nitro benzene ring substituents is 1. The van der Waals surface area contributed by atoms with Crippen LogP contribution in [-0.4, -0.2) is 30.1 Å². The van der Waals surface area contributed by atoms with Gasteiger partial charge >= 0.3 is 0 Å². The fraction of sp³-hybridized carbons (Fsp3) is 0.571. The second-order valence-corrected chi connectivity index (χ2v) is 5.50. The summed E-state index contributed by atoms with van der Waals surface area (Å²) >= 11 is 0.